The normalized spacial score (nSPS) is 23.4. The average molecular weight is 421 g/mol. The third-order valence-corrected chi connectivity index (χ3v) is 5.64. The first-order valence-electron chi connectivity index (χ1n) is 10.5. The highest BCUT2D eigenvalue weighted by Crippen LogP contribution is 2.36. The number of hydrogen-bond donors (Lipinski definition) is 4. The molecule has 2 heterocycles. The van der Waals surface area contributed by atoms with Crippen LogP contribution in [0, 0.1) is 5.92 Å². The molecule has 0 unspecified atom stereocenters. The molecule has 2 amide bonds. The van der Waals surface area contributed by atoms with Gasteiger partial charge in [0.1, 0.15) is 17.3 Å². The van der Waals surface area contributed by atoms with Gasteiger partial charge in [-0.15, -0.1) is 0 Å². The summed E-state index contributed by atoms with van der Waals surface area (Å²) in [7, 11) is 0. The second-order valence-corrected chi connectivity index (χ2v) is 9.20. The summed E-state index contributed by atoms with van der Waals surface area (Å²) in [6, 6.07) is 1.96. The van der Waals surface area contributed by atoms with Crippen LogP contribution in [0.15, 0.2) is 12.1 Å². The van der Waals surface area contributed by atoms with Gasteiger partial charge in [0.25, 0.3) is 5.91 Å². The minimum absolute atomic E-state index is 0.0134. The molecule has 1 aliphatic heterocycles. The van der Waals surface area contributed by atoms with E-state index in [2.05, 4.69) is 10.3 Å². The number of carbonyl (C=O) groups excluding carboxylic acids is 2. The smallest absolute Gasteiger partial charge is 0.408 e. The molecule has 9 heteroatoms. The van der Waals surface area contributed by atoms with E-state index >= 15 is 0 Å². The number of carbonyl (C=O) groups is 3. The van der Waals surface area contributed by atoms with E-state index in [4.69, 9.17) is 4.74 Å². The van der Waals surface area contributed by atoms with Gasteiger partial charge in [-0.2, -0.15) is 0 Å². The molecule has 2 aliphatic rings. The number of amides is 2. The molecule has 30 heavy (non-hydrogen) atoms. The average Bonchev–Trinajstić information content (AvgIpc) is 3.38. The van der Waals surface area contributed by atoms with Gasteiger partial charge in [0.05, 0.1) is 12.1 Å². The van der Waals surface area contributed by atoms with Crippen molar-refractivity contribution in [2.24, 2.45) is 5.92 Å². The number of aliphatic hydroxyl groups excluding tert-OH is 1. The molecule has 1 aromatic heterocycles. The predicted molar refractivity (Wildman–Crippen MR) is 108 cm³/mol. The molecule has 4 N–H and O–H groups in total. The van der Waals surface area contributed by atoms with Gasteiger partial charge >= 0.3 is 12.1 Å². The summed E-state index contributed by atoms with van der Waals surface area (Å²) in [5.74, 6) is -1.39. The topological polar surface area (TPSA) is 132 Å². The predicted octanol–water partition coefficient (Wildman–Crippen LogP) is 2.43. The maximum Gasteiger partial charge on any atom is 0.408 e. The summed E-state index contributed by atoms with van der Waals surface area (Å²) < 4.78 is 5.40. The fourth-order valence-electron chi connectivity index (χ4n) is 4.32. The molecule has 166 valence electrons. The number of β-amino-alcohol motifs (C(OH)–C–C–N with tert-alkyl or cyclic N) is 1. The molecule has 0 radical (unpaired) electrons. The number of hydrogen-bond acceptors (Lipinski definition) is 5. The van der Waals surface area contributed by atoms with Crippen LogP contribution in [-0.4, -0.2) is 62.4 Å². The van der Waals surface area contributed by atoms with Gasteiger partial charge in [0.2, 0.25) is 0 Å². The summed E-state index contributed by atoms with van der Waals surface area (Å²) in [5, 5.41) is 22.1. The van der Waals surface area contributed by atoms with E-state index in [1.807, 2.05) is 0 Å². The number of carboxylic acids is 1. The van der Waals surface area contributed by atoms with Crippen molar-refractivity contribution in [2.75, 3.05) is 6.54 Å². The van der Waals surface area contributed by atoms with Crippen LogP contribution in [0.25, 0.3) is 0 Å². The lowest BCUT2D eigenvalue weighted by molar-refractivity contribution is -0.141. The van der Waals surface area contributed by atoms with E-state index in [9.17, 15) is 24.6 Å². The molecular weight excluding hydrogens is 390 g/mol. The molecule has 0 bridgehead atoms. The Kier molecular flexibility index (Phi) is 6.40. The molecule has 3 atom stereocenters. The van der Waals surface area contributed by atoms with Gasteiger partial charge in [-0.25, -0.2) is 9.59 Å². The number of ether oxygens (including phenoxy) is 1. The lowest BCUT2D eigenvalue weighted by atomic mass is 9.95. The Labute approximate surface area is 175 Å². The van der Waals surface area contributed by atoms with Crippen LogP contribution >= 0.6 is 0 Å². The number of nitrogens with one attached hydrogen (secondary N) is 2. The van der Waals surface area contributed by atoms with Gasteiger partial charge in [-0.05, 0) is 51.7 Å². The summed E-state index contributed by atoms with van der Waals surface area (Å²) in [4.78, 5) is 41.0. The van der Waals surface area contributed by atoms with E-state index in [0.717, 1.165) is 25.7 Å². The van der Waals surface area contributed by atoms with Crippen molar-refractivity contribution in [3.63, 3.8) is 0 Å². The number of aromatic amines is 1. The Hall–Kier alpha value is -2.55. The summed E-state index contributed by atoms with van der Waals surface area (Å²) >= 11 is 0. The fourth-order valence-corrected chi connectivity index (χ4v) is 4.32. The lowest BCUT2D eigenvalue weighted by Gasteiger charge is -2.27. The zero-order valence-corrected chi connectivity index (χ0v) is 17.7. The van der Waals surface area contributed by atoms with Crippen LogP contribution in [0.5, 0.6) is 0 Å². The van der Waals surface area contributed by atoms with Crippen LogP contribution in [0.3, 0.4) is 0 Å². The van der Waals surface area contributed by atoms with Crippen LogP contribution in [0.4, 0.5) is 4.79 Å². The second kappa shape index (κ2) is 8.67. The Morgan fingerprint density at radius 3 is 2.50 bits per heavy atom. The van der Waals surface area contributed by atoms with Crippen molar-refractivity contribution in [3.05, 3.63) is 23.5 Å². The molecular formula is C21H31N3O6. The number of aromatic nitrogens is 1. The van der Waals surface area contributed by atoms with E-state index < -0.39 is 35.7 Å². The van der Waals surface area contributed by atoms with Gasteiger partial charge < -0.3 is 30.2 Å². The van der Waals surface area contributed by atoms with Crippen molar-refractivity contribution in [3.8, 4) is 0 Å². The highest BCUT2D eigenvalue weighted by Gasteiger charge is 2.40. The maximum absolute atomic E-state index is 12.9. The highest BCUT2D eigenvalue weighted by molar-refractivity contribution is 5.95. The second-order valence-electron chi connectivity index (χ2n) is 9.20. The number of alkyl carbamates (subject to hydrolysis) is 1. The third kappa shape index (κ3) is 5.13. The first kappa shape index (κ1) is 22.1. The molecule has 9 nitrogen and oxygen atoms in total. The van der Waals surface area contributed by atoms with E-state index in [0.29, 0.717) is 5.69 Å². The van der Waals surface area contributed by atoms with Crippen molar-refractivity contribution < 1.29 is 29.3 Å². The maximum atomic E-state index is 12.9. The molecule has 1 saturated carbocycles. The van der Waals surface area contributed by atoms with E-state index in [-0.39, 0.29) is 30.6 Å². The van der Waals surface area contributed by atoms with Gasteiger partial charge in [-0.1, -0.05) is 12.8 Å². The monoisotopic (exact) mass is 421 g/mol. The summed E-state index contributed by atoms with van der Waals surface area (Å²) in [5.41, 5.74) is 0.297. The lowest BCUT2D eigenvalue weighted by Crippen LogP contribution is -2.41. The van der Waals surface area contributed by atoms with Crippen molar-refractivity contribution in [1.82, 2.24) is 15.2 Å². The molecule has 0 aromatic carbocycles. The van der Waals surface area contributed by atoms with Crippen LogP contribution < -0.4 is 5.32 Å². The Morgan fingerprint density at radius 2 is 1.90 bits per heavy atom. The zero-order chi connectivity index (χ0) is 22.1. The van der Waals surface area contributed by atoms with Gasteiger partial charge in [-0.3, -0.25) is 4.79 Å². The van der Waals surface area contributed by atoms with Crippen molar-refractivity contribution in [2.45, 2.75) is 76.7 Å². The minimum Gasteiger partial charge on any atom is -0.480 e. The van der Waals surface area contributed by atoms with Crippen molar-refractivity contribution >= 4 is 18.0 Å². The number of carboxylic acid groups (broad SMARTS) is 1. The minimum atomic E-state index is -1.14. The quantitative estimate of drug-likeness (QED) is 0.577. The largest absolute Gasteiger partial charge is 0.480 e. The van der Waals surface area contributed by atoms with E-state index in [1.165, 1.54) is 4.90 Å². The molecule has 2 fully saturated rings. The number of aliphatic hydroxyl groups is 1. The number of rotatable bonds is 5. The number of aliphatic carboxylic acids is 1. The first-order valence-corrected chi connectivity index (χ1v) is 10.5. The molecule has 0 spiro atoms. The number of likely N-dealkylation sites (tertiary alicyclic amines) is 1. The first-order chi connectivity index (χ1) is 14.0. The standard InChI is InChI=1S/C21H31N3O6/c1-21(2,3)30-20(29)23-17(12-6-4-5-7-12)14-8-9-15(22-14)18(26)24-11-13(25)10-16(24)19(27)28/h8-9,12-13,16-17,22,25H,4-7,10-11H2,1-3H3,(H,23,29)(H,27,28)/t13-,16+,17+/m1/s1. The fraction of sp³-hybridized carbons (Fsp3) is 0.667. The Bertz CT molecular complexity index is 793. The third-order valence-electron chi connectivity index (χ3n) is 5.64. The van der Waals surface area contributed by atoms with Gasteiger partial charge in [0.15, 0.2) is 0 Å². The SMILES string of the molecule is CC(C)(C)OC(=O)N[C@H](c1ccc(C(=O)N2C[C@H](O)C[C@H]2C(=O)O)[nH]1)C1CCCC1. The Morgan fingerprint density at radius 1 is 1.23 bits per heavy atom. The number of H-pyrrole nitrogens is 1. The molecule has 1 aromatic rings. The van der Waals surface area contributed by atoms with Crippen molar-refractivity contribution in [1.29, 1.82) is 0 Å². The summed E-state index contributed by atoms with van der Waals surface area (Å²) in [6.07, 6.45) is 2.72. The van der Waals surface area contributed by atoms with Crippen LogP contribution in [0.1, 0.15) is 75.1 Å². The molecule has 1 aliphatic carbocycles. The van der Waals surface area contributed by atoms with Crippen LogP contribution in [0.2, 0.25) is 0 Å². The van der Waals surface area contributed by atoms with Gasteiger partial charge in [0, 0.05) is 18.7 Å². The zero-order valence-electron chi connectivity index (χ0n) is 17.7. The number of nitrogens with zero attached hydrogens (tertiary/aromatic N) is 1. The Balaban J connectivity index is 1.78. The molecule has 3 rings (SSSR count). The van der Waals surface area contributed by atoms with Crippen LogP contribution in [-0.2, 0) is 9.53 Å². The molecule has 1 saturated heterocycles. The highest BCUT2D eigenvalue weighted by atomic mass is 16.6. The van der Waals surface area contributed by atoms with E-state index in [1.54, 1.807) is 32.9 Å². The summed E-state index contributed by atoms with van der Waals surface area (Å²) in [6.45, 7) is 5.37.